The van der Waals surface area contributed by atoms with Crippen molar-refractivity contribution in [2.75, 3.05) is 25.2 Å². The fourth-order valence-electron chi connectivity index (χ4n) is 2.68. The van der Waals surface area contributed by atoms with Gasteiger partial charge in [0, 0.05) is 17.0 Å². The van der Waals surface area contributed by atoms with Crippen molar-refractivity contribution in [2.45, 2.75) is 20.8 Å². The van der Waals surface area contributed by atoms with E-state index in [1.54, 1.807) is 7.11 Å². The van der Waals surface area contributed by atoms with Crippen LogP contribution in [0.2, 0.25) is 0 Å². The first-order chi connectivity index (χ1) is 11.9. The molecule has 1 heterocycles. The molecule has 0 aliphatic rings. The lowest BCUT2D eigenvalue weighted by molar-refractivity contribution is 0.101. The van der Waals surface area contributed by atoms with Gasteiger partial charge in [-0.1, -0.05) is 0 Å². The van der Waals surface area contributed by atoms with Crippen molar-refractivity contribution in [1.29, 1.82) is 0 Å². The molecule has 0 fully saturated rings. The van der Waals surface area contributed by atoms with Gasteiger partial charge in [0.1, 0.15) is 11.5 Å². The standard InChI is InChI=1S/C19H23NO4S/c1-12-18(14(3)21)13(2)20-19(12)17(22)11-25-10-9-24-16-7-5-15(23-4)6-8-16/h5-8,20H,9-11H2,1-4H3. The number of H-pyrrole nitrogens is 1. The average Bonchev–Trinajstić information content (AvgIpc) is 2.89. The number of aromatic nitrogens is 1. The Labute approximate surface area is 152 Å². The molecule has 0 bridgehead atoms. The molecule has 0 aliphatic carbocycles. The van der Waals surface area contributed by atoms with Crippen LogP contribution in [0, 0.1) is 13.8 Å². The van der Waals surface area contributed by atoms with Crippen LogP contribution in [0.4, 0.5) is 0 Å². The summed E-state index contributed by atoms with van der Waals surface area (Å²) in [4.78, 5) is 27.0. The van der Waals surface area contributed by atoms with Crippen molar-refractivity contribution in [3.05, 3.63) is 46.8 Å². The van der Waals surface area contributed by atoms with Crippen LogP contribution in [0.15, 0.2) is 24.3 Å². The van der Waals surface area contributed by atoms with Crippen molar-refractivity contribution in [1.82, 2.24) is 4.98 Å². The molecule has 0 amide bonds. The monoisotopic (exact) mass is 361 g/mol. The highest BCUT2D eigenvalue weighted by Crippen LogP contribution is 2.20. The lowest BCUT2D eigenvalue weighted by atomic mass is 10.1. The van der Waals surface area contributed by atoms with Crippen molar-refractivity contribution in [3.8, 4) is 11.5 Å². The molecule has 0 saturated heterocycles. The zero-order valence-electron chi connectivity index (χ0n) is 15.0. The molecule has 0 unspecified atom stereocenters. The molecule has 0 radical (unpaired) electrons. The Bertz CT molecular complexity index is 750. The summed E-state index contributed by atoms with van der Waals surface area (Å²) in [7, 11) is 1.62. The number of aromatic amines is 1. The predicted octanol–water partition coefficient (Wildman–Crippen LogP) is 3.84. The van der Waals surface area contributed by atoms with Gasteiger partial charge in [0.2, 0.25) is 0 Å². The molecule has 134 valence electrons. The van der Waals surface area contributed by atoms with Crippen molar-refractivity contribution < 1.29 is 19.1 Å². The lowest BCUT2D eigenvalue weighted by Gasteiger charge is -2.07. The van der Waals surface area contributed by atoms with E-state index < -0.39 is 0 Å². The molecule has 0 spiro atoms. The van der Waals surface area contributed by atoms with Gasteiger partial charge in [-0.05, 0) is 50.6 Å². The minimum atomic E-state index is -0.0224. The van der Waals surface area contributed by atoms with E-state index in [1.165, 1.54) is 18.7 Å². The molecule has 25 heavy (non-hydrogen) atoms. The number of rotatable bonds is 9. The zero-order valence-corrected chi connectivity index (χ0v) is 15.8. The quantitative estimate of drug-likeness (QED) is 0.543. The van der Waals surface area contributed by atoms with Crippen LogP contribution in [0.1, 0.15) is 39.0 Å². The van der Waals surface area contributed by atoms with E-state index in [0.29, 0.717) is 29.4 Å². The van der Waals surface area contributed by atoms with Crippen LogP contribution in [0.5, 0.6) is 11.5 Å². The largest absolute Gasteiger partial charge is 0.497 e. The van der Waals surface area contributed by atoms with E-state index in [9.17, 15) is 9.59 Å². The van der Waals surface area contributed by atoms with Crippen molar-refractivity contribution in [2.24, 2.45) is 0 Å². The predicted molar refractivity (Wildman–Crippen MR) is 100 cm³/mol. The van der Waals surface area contributed by atoms with Gasteiger partial charge < -0.3 is 14.5 Å². The Kier molecular flexibility index (Phi) is 6.70. The number of nitrogens with one attached hydrogen (secondary N) is 1. The molecule has 1 N–H and O–H groups in total. The smallest absolute Gasteiger partial charge is 0.189 e. The summed E-state index contributed by atoms with van der Waals surface area (Å²) in [6.45, 7) is 5.66. The van der Waals surface area contributed by atoms with Crippen LogP contribution in [-0.4, -0.2) is 41.8 Å². The molecule has 1 aromatic carbocycles. The molecule has 5 nitrogen and oxygen atoms in total. The minimum Gasteiger partial charge on any atom is -0.497 e. The van der Waals surface area contributed by atoms with Crippen LogP contribution in [-0.2, 0) is 0 Å². The zero-order chi connectivity index (χ0) is 18.4. The second-order valence-corrected chi connectivity index (χ2v) is 6.79. The van der Waals surface area contributed by atoms with Gasteiger partial charge in [0.05, 0.1) is 25.2 Å². The number of Topliss-reactive ketones (excluding diaryl/α,β-unsaturated/α-hetero) is 2. The number of benzene rings is 1. The number of carbonyl (C=O) groups is 2. The SMILES string of the molecule is COc1ccc(OCCSCC(=O)c2[nH]c(C)c(C(C)=O)c2C)cc1. The van der Waals surface area contributed by atoms with E-state index in [2.05, 4.69) is 4.98 Å². The fourth-order valence-corrected chi connectivity index (χ4v) is 3.36. The van der Waals surface area contributed by atoms with Crippen LogP contribution in [0.3, 0.4) is 0 Å². The number of aryl methyl sites for hydroxylation is 1. The molecular weight excluding hydrogens is 338 g/mol. The maximum atomic E-state index is 12.3. The first kappa shape index (κ1) is 19.1. The van der Waals surface area contributed by atoms with Crippen LogP contribution >= 0.6 is 11.8 Å². The summed E-state index contributed by atoms with van der Waals surface area (Å²) in [6, 6.07) is 7.38. The Morgan fingerprint density at radius 3 is 2.32 bits per heavy atom. The summed E-state index contributed by atoms with van der Waals surface area (Å²) >= 11 is 1.51. The summed E-state index contributed by atoms with van der Waals surface area (Å²) in [5, 5.41) is 0. The summed E-state index contributed by atoms with van der Waals surface area (Å²) in [6.07, 6.45) is 0. The molecule has 0 saturated carbocycles. The maximum absolute atomic E-state index is 12.3. The summed E-state index contributed by atoms with van der Waals surface area (Å²) < 4.78 is 10.7. The Morgan fingerprint density at radius 1 is 1.12 bits per heavy atom. The molecule has 2 aromatic rings. The Morgan fingerprint density at radius 2 is 1.76 bits per heavy atom. The first-order valence-electron chi connectivity index (χ1n) is 8.02. The number of hydrogen-bond acceptors (Lipinski definition) is 5. The second-order valence-electron chi connectivity index (χ2n) is 5.68. The fraction of sp³-hybridized carbons (Fsp3) is 0.368. The maximum Gasteiger partial charge on any atom is 0.189 e. The topological polar surface area (TPSA) is 68.4 Å². The number of hydrogen-bond donors (Lipinski definition) is 1. The van der Waals surface area contributed by atoms with E-state index in [0.717, 1.165) is 22.8 Å². The third-order valence-corrected chi connectivity index (χ3v) is 4.78. The number of methoxy groups -OCH3 is 1. The van der Waals surface area contributed by atoms with Gasteiger partial charge in [0.15, 0.2) is 11.6 Å². The normalized spacial score (nSPS) is 10.6. The molecule has 6 heteroatoms. The minimum absolute atomic E-state index is 0.00236. The second kappa shape index (κ2) is 8.76. The Balaban J connectivity index is 1.79. The van der Waals surface area contributed by atoms with E-state index >= 15 is 0 Å². The lowest BCUT2D eigenvalue weighted by Crippen LogP contribution is -2.08. The molecule has 1 aromatic heterocycles. The van der Waals surface area contributed by atoms with E-state index in [4.69, 9.17) is 9.47 Å². The molecule has 2 rings (SSSR count). The Hall–Kier alpha value is -2.21. The average molecular weight is 361 g/mol. The molecule has 0 atom stereocenters. The van der Waals surface area contributed by atoms with E-state index in [1.807, 2.05) is 38.1 Å². The highest BCUT2D eigenvalue weighted by molar-refractivity contribution is 8.00. The van der Waals surface area contributed by atoms with Gasteiger partial charge in [-0.25, -0.2) is 0 Å². The number of ether oxygens (including phenoxy) is 2. The molecular formula is C19H23NO4S. The highest BCUT2D eigenvalue weighted by atomic mass is 32.2. The van der Waals surface area contributed by atoms with Crippen molar-refractivity contribution in [3.63, 3.8) is 0 Å². The van der Waals surface area contributed by atoms with Gasteiger partial charge in [-0.15, -0.1) is 0 Å². The summed E-state index contributed by atoms with van der Waals surface area (Å²) in [5.74, 6) is 2.59. The first-order valence-corrected chi connectivity index (χ1v) is 9.17. The van der Waals surface area contributed by atoms with Gasteiger partial charge in [0.25, 0.3) is 0 Å². The number of ketones is 2. The third-order valence-electron chi connectivity index (χ3n) is 3.86. The number of carbonyl (C=O) groups excluding carboxylic acids is 2. The van der Waals surface area contributed by atoms with Gasteiger partial charge in [-0.3, -0.25) is 9.59 Å². The molecule has 0 aliphatic heterocycles. The van der Waals surface area contributed by atoms with Gasteiger partial charge >= 0.3 is 0 Å². The highest BCUT2D eigenvalue weighted by Gasteiger charge is 2.19. The summed E-state index contributed by atoms with van der Waals surface area (Å²) in [5.41, 5.74) is 2.65. The van der Waals surface area contributed by atoms with Crippen molar-refractivity contribution >= 4 is 23.3 Å². The van der Waals surface area contributed by atoms with Crippen LogP contribution in [0.25, 0.3) is 0 Å². The third kappa shape index (κ3) is 4.89. The van der Waals surface area contributed by atoms with Crippen LogP contribution < -0.4 is 9.47 Å². The van der Waals surface area contributed by atoms with E-state index in [-0.39, 0.29) is 11.6 Å². The number of thioether (sulfide) groups is 1. The van der Waals surface area contributed by atoms with Gasteiger partial charge in [-0.2, -0.15) is 11.8 Å².